The summed E-state index contributed by atoms with van der Waals surface area (Å²) < 4.78 is 17.2. The molecule has 48 valence electrons. The van der Waals surface area contributed by atoms with E-state index in [1.807, 2.05) is 0 Å². The second-order valence-electron chi connectivity index (χ2n) is 1.45. The van der Waals surface area contributed by atoms with Gasteiger partial charge in [0.05, 0.1) is 0 Å². The average molecular weight is 141 g/mol. The summed E-state index contributed by atoms with van der Waals surface area (Å²) in [7, 11) is -1.62. The molecule has 1 aromatic rings. The zero-order chi connectivity index (χ0) is 6.69. The van der Waals surface area contributed by atoms with E-state index in [9.17, 15) is 4.21 Å². The van der Waals surface area contributed by atoms with Gasteiger partial charge < -0.3 is 8.99 Å². The quantitative estimate of drug-likeness (QED) is 0.597. The molecule has 0 amide bonds. The van der Waals surface area contributed by atoms with Gasteiger partial charge in [-0.25, -0.2) is 0 Å². The molecule has 0 atom stereocenters. The SMILES string of the molecule is N=[S-](=O)c1ccncc1. The lowest BCUT2D eigenvalue weighted by Gasteiger charge is -1.96. The average Bonchev–Trinajstić information content (AvgIpc) is 1.90. The Hall–Kier alpha value is -0.900. The lowest BCUT2D eigenvalue weighted by atomic mass is 10.5. The van der Waals surface area contributed by atoms with E-state index in [0.717, 1.165) is 0 Å². The third-order valence-corrected chi connectivity index (χ3v) is 1.56. The molecule has 4 heteroatoms. The van der Waals surface area contributed by atoms with E-state index < -0.39 is 10.6 Å². The zero-order valence-corrected chi connectivity index (χ0v) is 5.39. The van der Waals surface area contributed by atoms with Crippen LogP contribution in [0.15, 0.2) is 29.4 Å². The fourth-order valence-electron chi connectivity index (χ4n) is 0.462. The first-order valence-electron chi connectivity index (χ1n) is 2.34. The van der Waals surface area contributed by atoms with Gasteiger partial charge in [-0.1, -0.05) is 17.0 Å². The second-order valence-corrected chi connectivity index (χ2v) is 2.46. The topological polar surface area (TPSA) is 53.8 Å². The molecule has 0 aliphatic heterocycles. The molecule has 0 spiro atoms. The van der Waals surface area contributed by atoms with E-state index >= 15 is 0 Å². The van der Waals surface area contributed by atoms with E-state index in [-0.39, 0.29) is 0 Å². The Morgan fingerprint density at radius 1 is 1.44 bits per heavy atom. The predicted molar refractivity (Wildman–Crippen MR) is 33.3 cm³/mol. The number of nitrogens with zero attached hydrogens (tertiary/aromatic N) is 1. The minimum absolute atomic E-state index is 0.491. The number of hydrogen-bond donors (Lipinski definition) is 1. The summed E-state index contributed by atoms with van der Waals surface area (Å²) in [6.07, 6.45) is 3.03. The highest BCUT2D eigenvalue weighted by Crippen LogP contribution is 1.96. The van der Waals surface area contributed by atoms with Crippen molar-refractivity contribution in [2.24, 2.45) is 0 Å². The first-order valence-corrected chi connectivity index (χ1v) is 3.49. The number of pyridine rings is 1. The van der Waals surface area contributed by atoms with Crippen molar-refractivity contribution in [3.05, 3.63) is 24.5 Å². The Kier molecular flexibility index (Phi) is 1.79. The third-order valence-electron chi connectivity index (χ3n) is 0.864. The maximum Gasteiger partial charge on any atom is 0.0253 e. The van der Waals surface area contributed by atoms with Crippen molar-refractivity contribution in [1.82, 2.24) is 4.98 Å². The summed E-state index contributed by atoms with van der Waals surface area (Å²) in [5.74, 6) is 0. The maximum absolute atomic E-state index is 10.4. The second kappa shape index (κ2) is 2.59. The molecule has 0 aliphatic rings. The molecule has 0 fully saturated rings. The van der Waals surface area contributed by atoms with E-state index in [1.54, 1.807) is 12.1 Å². The van der Waals surface area contributed by atoms with Crippen LogP contribution in [0, 0.1) is 4.78 Å². The van der Waals surface area contributed by atoms with Crippen LogP contribution in [-0.2, 0) is 14.8 Å². The maximum atomic E-state index is 10.4. The van der Waals surface area contributed by atoms with Crippen molar-refractivity contribution in [1.29, 1.82) is 4.78 Å². The summed E-state index contributed by atoms with van der Waals surface area (Å²) in [6, 6.07) is 3.12. The molecular weight excluding hydrogens is 136 g/mol. The highest BCUT2D eigenvalue weighted by Gasteiger charge is 1.75. The minimum Gasteiger partial charge on any atom is -0.440 e. The van der Waals surface area contributed by atoms with Crippen molar-refractivity contribution in [2.45, 2.75) is 4.90 Å². The highest BCUT2D eigenvalue weighted by molar-refractivity contribution is 7.73. The van der Waals surface area contributed by atoms with Gasteiger partial charge in [0.15, 0.2) is 0 Å². The fraction of sp³-hybridized carbons (Fsp3) is 0. The van der Waals surface area contributed by atoms with Crippen LogP contribution in [0.3, 0.4) is 0 Å². The summed E-state index contributed by atoms with van der Waals surface area (Å²) in [5.41, 5.74) is 0. The molecule has 0 saturated carbocycles. The van der Waals surface area contributed by atoms with Gasteiger partial charge in [0.25, 0.3) is 0 Å². The predicted octanol–water partition coefficient (Wildman–Crippen LogP) is 1.17. The van der Waals surface area contributed by atoms with Crippen LogP contribution in [0.4, 0.5) is 0 Å². The standard InChI is InChI=1S/C5H5N2OS/c6-9(8)5-1-3-7-4-2-5/h1-4,6H/q-1. The highest BCUT2D eigenvalue weighted by atomic mass is 32.2. The van der Waals surface area contributed by atoms with Gasteiger partial charge in [-0.3, -0.25) is 4.98 Å². The molecular formula is C5H5N2OS-. The van der Waals surface area contributed by atoms with Crippen LogP contribution in [0.1, 0.15) is 0 Å². The normalized spacial score (nSPS) is 9.89. The van der Waals surface area contributed by atoms with Crippen molar-refractivity contribution >= 4 is 10.6 Å². The molecule has 1 heterocycles. The molecule has 3 nitrogen and oxygen atoms in total. The largest absolute Gasteiger partial charge is 0.440 e. The molecule has 0 bridgehead atoms. The van der Waals surface area contributed by atoms with Crippen molar-refractivity contribution in [2.75, 3.05) is 0 Å². The first kappa shape index (κ1) is 6.22. The zero-order valence-electron chi connectivity index (χ0n) is 4.57. The number of rotatable bonds is 1. The third kappa shape index (κ3) is 1.50. The Labute approximate surface area is 54.8 Å². The molecule has 0 aliphatic carbocycles. The van der Waals surface area contributed by atoms with Gasteiger partial charge in [-0.2, -0.15) is 10.6 Å². The van der Waals surface area contributed by atoms with Crippen molar-refractivity contribution < 1.29 is 4.21 Å². The number of aromatic nitrogens is 1. The van der Waals surface area contributed by atoms with Gasteiger partial charge in [-0.05, 0) is 0 Å². The molecule has 0 radical (unpaired) electrons. The summed E-state index contributed by atoms with van der Waals surface area (Å²) in [6.45, 7) is 0. The number of hydrogen-bond acceptors (Lipinski definition) is 4. The lowest BCUT2D eigenvalue weighted by Crippen LogP contribution is -1.75. The molecule has 0 saturated heterocycles. The Bertz CT molecular complexity index is 247. The van der Waals surface area contributed by atoms with E-state index in [0.29, 0.717) is 4.90 Å². The van der Waals surface area contributed by atoms with Gasteiger partial charge in [0.1, 0.15) is 0 Å². The minimum atomic E-state index is -1.62. The first-order chi connectivity index (χ1) is 4.30. The van der Waals surface area contributed by atoms with E-state index in [1.165, 1.54) is 12.4 Å². The molecule has 1 rings (SSSR count). The van der Waals surface area contributed by atoms with Crippen LogP contribution in [-0.4, -0.2) is 4.98 Å². The molecule has 9 heavy (non-hydrogen) atoms. The van der Waals surface area contributed by atoms with Crippen LogP contribution in [0.5, 0.6) is 0 Å². The van der Waals surface area contributed by atoms with Gasteiger partial charge in [-0.15, -0.1) is 0 Å². The van der Waals surface area contributed by atoms with Crippen LogP contribution in [0.2, 0.25) is 0 Å². The monoisotopic (exact) mass is 141 g/mol. The summed E-state index contributed by atoms with van der Waals surface area (Å²) in [4.78, 5) is 4.20. The Balaban J connectivity index is 3.13. The van der Waals surface area contributed by atoms with Gasteiger partial charge in [0.2, 0.25) is 0 Å². The van der Waals surface area contributed by atoms with Crippen molar-refractivity contribution in [3.8, 4) is 0 Å². The molecule has 1 N–H and O–H groups in total. The van der Waals surface area contributed by atoms with Crippen LogP contribution >= 0.6 is 0 Å². The molecule has 1 aromatic heterocycles. The molecule has 0 aromatic carbocycles. The van der Waals surface area contributed by atoms with E-state index in [4.69, 9.17) is 4.78 Å². The summed E-state index contributed by atoms with van der Waals surface area (Å²) in [5, 5.41) is 0. The Morgan fingerprint density at radius 2 is 2.00 bits per heavy atom. The van der Waals surface area contributed by atoms with Gasteiger partial charge >= 0.3 is 0 Å². The smallest absolute Gasteiger partial charge is 0.0253 e. The Morgan fingerprint density at radius 3 is 2.33 bits per heavy atom. The van der Waals surface area contributed by atoms with Crippen molar-refractivity contribution in [3.63, 3.8) is 0 Å². The van der Waals surface area contributed by atoms with Crippen LogP contribution in [0.25, 0.3) is 0 Å². The molecule has 0 unspecified atom stereocenters. The fourth-order valence-corrected chi connectivity index (χ4v) is 0.831. The van der Waals surface area contributed by atoms with Gasteiger partial charge in [0, 0.05) is 12.4 Å². The lowest BCUT2D eigenvalue weighted by molar-refractivity contribution is 0.599. The number of nitrogens with one attached hydrogen (secondary N) is 1. The van der Waals surface area contributed by atoms with Crippen LogP contribution < -0.4 is 0 Å². The van der Waals surface area contributed by atoms with E-state index in [2.05, 4.69) is 4.98 Å². The summed E-state index contributed by atoms with van der Waals surface area (Å²) >= 11 is 0.